The average molecular weight is 255 g/mol. The zero-order valence-electron chi connectivity index (χ0n) is 13.1. The zero-order chi connectivity index (χ0) is 13.6. The Morgan fingerprint density at radius 3 is 2.50 bits per heavy atom. The molecule has 3 nitrogen and oxygen atoms in total. The van der Waals surface area contributed by atoms with Gasteiger partial charge in [0.25, 0.3) is 0 Å². The van der Waals surface area contributed by atoms with Gasteiger partial charge in [0.1, 0.15) is 0 Å². The first kappa shape index (κ1) is 15.9. The Kier molecular flexibility index (Phi) is 6.61. The molecule has 1 rings (SSSR count). The molecule has 18 heavy (non-hydrogen) atoms. The number of likely N-dealkylation sites (N-methyl/N-ethyl adjacent to an activating group) is 2. The number of rotatable bonds is 7. The predicted octanol–water partition coefficient (Wildman–Crippen LogP) is 1.90. The van der Waals surface area contributed by atoms with Gasteiger partial charge in [-0.1, -0.05) is 19.8 Å². The molecule has 3 heteroatoms. The largest absolute Gasteiger partial charge is 0.319 e. The first-order chi connectivity index (χ1) is 8.47. The van der Waals surface area contributed by atoms with Crippen molar-refractivity contribution in [3.05, 3.63) is 0 Å². The third kappa shape index (κ3) is 5.25. The van der Waals surface area contributed by atoms with Crippen LogP contribution in [0, 0.1) is 11.3 Å². The van der Waals surface area contributed by atoms with Crippen LogP contribution in [0.4, 0.5) is 0 Å². The van der Waals surface area contributed by atoms with E-state index in [0.717, 1.165) is 12.5 Å². The van der Waals surface area contributed by atoms with Crippen molar-refractivity contribution in [3.63, 3.8) is 0 Å². The van der Waals surface area contributed by atoms with Crippen LogP contribution in [0.1, 0.15) is 32.6 Å². The second kappa shape index (κ2) is 7.46. The molecule has 0 amide bonds. The van der Waals surface area contributed by atoms with Gasteiger partial charge >= 0.3 is 0 Å². The van der Waals surface area contributed by atoms with Crippen LogP contribution in [-0.4, -0.2) is 64.2 Å². The summed E-state index contributed by atoms with van der Waals surface area (Å²) in [5, 5.41) is 3.43. The van der Waals surface area contributed by atoms with E-state index in [1.165, 1.54) is 45.3 Å². The second-order valence-electron chi connectivity index (χ2n) is 6.77. The van der Waals surface area contributed by atoms with Gasteiger partial charge in [-0.15, -0.1) is 0 Å². The minimum Gasteiger partial charge on any atom is -0.319 e. The van der Waals surface area contributed by atoms with Crippen LogP contribution < -0.4 is 5.32 Å². The van der Waals surface area contributed by atoms with E-state index in [9.17, 15) is 0 Å². The molecule has 0 aliphatic heterocycles. The van der Waals surface area contributed by atoms with E-state index >= 15 is 0 Å². The Morgan fingerprint density at radius 1 is 1.22 bits per heavy atom. The molecule has 0 aromatic heterocycles. The summed E-state index contributed by atoms with van der Waals surface area (Å²) in [6, 6.07) is 0. The molecule has 2 unspecified atom stereocenters. The van der Waals surface area contributed by atoms with E-state index in [4.69, 9.17) is 0 Å². The molecule has 1 N–H and O–H groups in total. The SMILES string of the molecule is CNCC1(CN(C)CCN(C)C)CCCC(C)C1. The topological polar surface area (TPSA) is 18.5 Å². The highest BCUT2D eigenvalue weighted by Crippen LogP contribution is 2.39. The van der Waals surface area contributed by atoms with Gasteiger partial charge in [0.15, 0.2) is 0 Å². The lowest BCUT2D eigenvalue weighted by Gasteiger charge is -2.42. The number of hydrogen-bond acceptors (Lipinski definition) is 3. The summed E-state index contributed by atoms with van der Waals surface area (Å²) < 4.78 is 0. The molecule has 0 spiro atoms. The molecule has 1 saturated carbocycles. The lowest BCUT2D eigenvalue weighted by atomic mass is 9.69. The van der Waals surface area contributed by atoms with Crippen LogP contribution >= 0.6 is 0 Å². The highest BCUT2D eigenvalue weighted by Gasteiger charge is 2.35. The van der Waals surface area contributed by atoms with E-state index in [0.29, 0.717) is 5.41 Å². The maximum absolute atomic E-state index is 3.43. The summed E-state index contributed by atoms with van der Waals surface area (Å²) >= 11 is 0. The molecule has 0 radical (unpaired) electrons. The van der Waals surface area contributed by atoms with Gasteiger partial charge in [-0.05, 0) is 52.4 Å². The van der Waals surface area contributed by atoms with Crippen molar-refractivity contribution in [2.75, 3.05) is 54.4 Å². The van der Waals surface area contributed by atoms with Gasteiger partial charge in [-0.3, -0.25) is 0 Å². The molecule has 0 saturated heterocycles. The van der Waals surface area contributed by atoms with Crippen molar-refractivity contribution < 1.29 is 0 Å². The van der Waals surface area contributed by atoms with Crippen LogP contribution in [0.3, 0.4) is 0 Å². The molecule has 1 aliphatic rings. The normalized spacial score (nSPS) is 29.2. The summed E-state index contributed by atoms with van der Waals surface area (Å²) in [5.74, 6) is 0.898. The molecule has 108 valence electrons. The van der Waals surface area contributed by atoms with Crippen LogP contribution in [0.15, 0.2) is 0 Å². The lowest BCUT2D eigenvalue weighted by Crippen LogP contribution is -2.46. The van der Waals surface area contributed by atoms with Crippen molar-refractivity contribution >= 4 is 0 Å². The molecule has 1 fully saturated rings. The summed E-state index contributed by atoms with van der Waals surface area (Å²) in [5.41, 5.74) is 0.507. The summed E-state index contributed by atoms with van der Waals surface area (Å²) in [6.45, 7) is 7.16. The lowest BCUT2D eigenvalue weighted by molar-refractivity contribution is 0.0909. The molecular weight excluding hydrogens is 222 g/mol. The second-order valence-corrected chi connectivity index (χ2v) is 6.77. The fraction of sp³-hybridized carbons (Fsp3) is 1.00. The Hall–Kier alpha value is -0.120. The summed E-state index contributed by atoms with van der Waals surface area (Å²) in [7, 11) is 8.68. The Balaban J connectivity index is 2.50. The fourth-order valence-electron chi connectivity index (χ4n) is 3.53. The highest BCUT2D eigenvalue weighted by atomic mass is 15.2. The predicted molar refractivity (Wildman–Crippen MR) is 80.0 cm³/mol. The highest BCUT2D eigenvalue weighted by molar-refractivity contribution is 4.89. The van der Waals surface area contributed by atoms with Crippen molar-refractivity contribution in [1.82, 2.24) is 15.1 Å². The standard InChI is InChI=1S/C15H33N3/c1-14-7-6-8-15(11-14,12-16-2)13-18(5)10-9-17(3)4/h14,16H,6-13H2,1-5H3. The fourth-order valence-corrected chi connectivity index (χ4v) is 3.53. The van der Waals surface area contributed by atoms with Gasteiger partial charge in [0, 0.05) is 26.2 Å². The molecule has 0 aromatic carbocycles. The van der Waals surface area contributed by atoms with Crippen molar-refractivity contribution in [2.45, 2.75) is 32.6 Å². The first-order valence-electron chi connectivity index (χ1n) is 7.45. The van der Waals surface area contributed by atoms with E-state index in [2.05, 4.69) is 50.2 Å². The molecule has 2 atom stereocenters. The van der Waals surface area contributed by atoms with Crippen molar-refractivity contribution in [1.29, 1.82) is 0 Å². The first-order valence-corrected chi connectivity index (χ1v) is 7.45. The van der Waals surface area contributed by atoms with Gasteiger partial charge < -0.3 is 15.1 Å². The maximum atomic E-state index is 3.43. The minimum atomic E-state index is 0.507. The third-order valence-corrected chi connectivity index (χ3v) is 4.27. The van der Waals surface area contributed by atoms with Gasteiger partial charge in [-0.25, -0.2) is 0 Å². The number of hydrogen-bond donors (Lipinski definition) is 1. The Morgan fingerprint density at radius 2 is 1.94 bits per heavy atom. The smallest absolute Gasteiger partial charge is 0.0106 e. The van der Waals surface area contributed by atoms with Crippen LogP contribution in [0.2, 0.25) is 0 Å². The van der Waals surface area contributed by atoms with Crippen molar-refractivity contribution in [2.24, 2.45) is 11.3 Å². The Labute approximate surface area is 114 Å². The maximum Gasteiger partial charge on any atom is 0.0106 e. The number of nitrogens with zero attached hydrogens (tertiary/aromatic N) is 2. The van der Waals surface area contributed by atoms with Crippen LogP contribution in [0.25, 0.3) is 0 Å². The van der Waals surface area contributed by atoms with E-state index < -0.39 is 0 Å². The van der Waals surface area contributed by atoms with Crippen LogP contribution in [0.5, 0.6) is 0 Å². The molecule has 0 aromatic rings. The van der Waals surface area contributed by atoms with Crippen molar-refractivity contribution in [3.8, 4) is 0 Å². The summed E-state index contributed by atoms with van der Waals surface area (Å²) in [6.07, 6.45) is 5.61. The molecule has 0 bridgehead atoms. The van der Waals surface area contributed by atoms with Crippen LogP contribution in [-0.2, 0) is 0 Å². The Bertz CT molecular complexity index is 226. The van der Waals surface area contributed by atoms with Gasteiger partial charge in [0.2, 0.25) is 0 Å². The monoisotopic (exact) mass is 255 g/mol. The molecular formula is C15H33N3. The molecule has 1 aliphatic carbocycles. The summed E-state index contributed by atoms with van der Waals surface area (Å²) in [4.78, 5) is 4.79. The third-order valence-electron chi connectivity index (χ3n) is 4.27. The molecule has 0 heterocycles. The minimum absolute atomic E-state index is 0.507. The number of nitrogens with one attached hydrogen (secondary N) is 1. The van der Waals surface area contributed by atoms with Gasteiger partial charge in [0.05, 0.1) is 0 Å². The van der Waals surface area contributed by atoms with E-state index in [1.807, 2.05) is 0 Å². The van der Waals surface area contributed by atoms with E-state index in [1.54, 1.807) is 0 Å². The van der Waals surface area contributed by atoms with Gasteiger partial charge in [-0.2, -0.15) is 0 Å². The average Bonchev–Trinajstić information content (AvgIpc) is 2.26. The van der Waals surface area contributed by atoms with E-state index in [-0.39, 0.29) is 0 Å². The zero-order valence-corrected chi connectivity index (χ0v) is 13.1. The quantitative estimate of drug-likeness (QED) is 0.749.